The lowest BCUT2D eigenvalue weighted by atomic mass is 10.1. The summed E-state index contributed by atoms with van der Waals surface area (Å²) in [6.45, 7) is 4.12. The van der Waals surface area contributed by atoms with Crippen LogP contribution in [0.1, 0.15) is 40.3 Å². The van der Waals surface area contributed by atoms with Crippen molar-refractivity contribution in [3.63, 3.8) is 0 Å². The van der Waals surface area contributed by atoms with Gasteiger partial charge in [0.25, 0.3) is 5.91 Å². The van der Waals surface area contributed by atoms with Crippen LogP contribution in [0.2, 0.25) is 5.02 Å². The second-order valence-corrected chi connectivity index (χ2v) is 5.60. The van der Waals surface area contributed by atoms with Crippen molar-refractivity contribution in [3.05, 3.63) is 58.5 Å². The zero-order valence-electron chi connectivity index (χ0n) is 12.2. The van der Waals surface area contributed by atoms with E-state index in [1.807, 2.05) is 26.0 Å². The fourth-order valence-electron chi connectivity index (χ4n) is 2.02. The SMILES string of the molecule is CC(C)N(Cc1cccc(Cl)c1)C(=O)c1cc(C(=O)O)co1. The number of hydrogen-bond acceptors (Lipinski definition) is 3. The first-order chi connectivity index (χ1) is 10.4. The zero-order valence-corrected chi connectivity index (χ0v) is 13.0. The highest BCUT2D eigenvalue weighted by molar-refractivity contribution is 6.30. The van der Waals surface area contributed by atoms with Crippen LogP contribution in [-0.4, -0.2) is 27.9 Å². The molecule has 1 heterocycles. The summed E-state index contributed by atoms with van der Waals surface area (Å²) in [5.74, 6) is -1.48. The lowest BCUT2D eigenvalue weighted by molar-refractivity contribution is 0.0655. The Labute approximate surface area is 133 Å². The Morgan fingerprint density at radius 3 is 2.59 bits per heavy atom. The average molecular weight is 322 g/mol. The predicted octanol–water partition coefficient (Wildman–Crippen LogP) is 3.68. The van der Waals surface area contributed by atoms with Crippen molar-refractivity contribution < 1.29 is 19.1 Å². The molecule has 22 heavy (non-hydrogen) atoms. The van der Waals surface area contributed by atoms with Gasteiger partial charge in [-0.05, 0) is 31.5 Å². The van der Waals surface area contributed by atoms with Crippen molar-refractivity contribution in [1.29, 1.82) is 0 Å². The van der Waals surface area contributed by atoms with E-state index in [2.05, 4.69) is 0 Å². The van der Waals surface area contributed by atoms with Gasteiger partial charge in [0.1, 0.15) is 6.26 Å². The lowest BCUT2D eigenvalue weighted by Crippen LogP contribution is -2.36. The Balaban J connectivity index is 2.23. The highest BCUT2D eigenvalue weighted by atomic mass is 35.5. The number of aromatic carboxylic acids is 1. The number of furan rings is 1. The number of amides is 1. The average Bonchev–Trinajstić information content (AvgIpc) is 2.94. The molecule has 5 nitrogen and oxygen atoms in total. The van der Waals surface area contributed by atoms with Crippen molar-refractivity contribution in [1.82, 2.24) is 4.90 Å². The summed E-state index contributed by atoms with van der Waals surface area (Å²) in [5, 5.41) is 9.49. The summed E-state index contributed by atoms with van der Waals surface area (Å²) < 4.78 is 5.08. The van der Waals surface area contributed by atoms with Crippen LogP contribution in [0.4, 0.5) is 0 Å². The van der Waals surface area contributed by atoms with E-state index in [0.717, 1.165) is 11.8 Å². The van der Waals surface area contributed by atoms with Gasteiger partial charge in [-0.15, -0.1) is 0 Å². The van der Waals surface area contributed by atoms with Crippen LogP contribution in [0, 0.1) is 0 Å². The number of halogens is 1. The highest BCUT2D eigenvalue weighted by Crippen LogP contribution is 2.18. The van der Waals surface area contributed by atoms with Gasteiger partial charge in [-0.25, -0.2) is 4.79 Å². The smallest absolute Gasteiger partial charge is 0.338 e. The molecule has 0 bridgehead atoms. The molecule has 1 aromatic heterocycles. The van der Waals surface area contributed by atoms with Crippen LogP contribution < -0.4 is 0 Å². The maximum absolute atomic E-state index is 12.5. The molecule has 2 aromatic rings. The molecule has 0 aliphatic heterocycles. The van der Waals surface area contributed by atoms with E-state index in [1.165, 1.54) is 6.07 Å². The van der Waals surface area contributed by atoms with Crippen molar-refractivity contribution >= 4 is 23.5 Å². The molecule has 2 rings (SSSR count). The number of benzene rings is 1. The van der Waals surface area contributed by atoms with E-state index >= 15 is 0 Å². The Kier molecular flexibility index (Phi) is 4.88. The first kappa shape index (κ1) is 16.1. The molecule has 0 spiro atoms. The van der Waals surface area contributed by atoms with E-state index in [0.29, 0.717) is 11.6 Å². The number of carboxylic acids is 1. The molecular formula is C16H16ClNO4. The molecule has 0 aliphatic rings. The Morgan fingerprint density at radius 1 is 1.32 bits per heavy atom. The number of hydrogen-bond donors (Lipinski definition) is 1. The summed E-state index contributed by atoms with van der Waals surface area (Å²) in [7, 11) is 0. The molecule has 0 saturated carbocycles. The fraction of sp³-hybridized carbons (Fsp3) is 0.250. The van der Waals surface area contributed by atoms with Crippen LogP contribution in [0.3, 0.4) is 0 Å². The molecule has 0 aliphatic carbocycles. The maximum Gasteiger partial charge on any atom is 0.338 e. The first-order valence-corrected chi connectivity index (χ1v) is 7.13. The van der Waals surface area contributed by atoms with Crippen LogP contribution in [-0.2, 0) is 6.54 Å². The third kappa shape index (κ3) is 3.68. The molecular weight excluding hydrogens is 306 g/mol. The van der Waals surface area contributed by atoms with Crippen molar-refractivity contribution in [3.8, 4) is 0 Å². The molecule has 0 unspecified atom stereocenters. The molecule has 1 amide bonds. The molecule has 0 fully saturated rings. The summed E-state index contributed by atoms with van der Waals surface area (Å²) in [5.41, 5.74) is 0.842. The quantitative estimate of drug-likeness (QED) is 0.911. The minimum Gasteiger partial charge on any atom is -0.478 e. The van der Waals surface area contributed by atoms with Gasteiger partial charge in [0, 0.05) is 23.7 Å². The van der Waals surface area contributed by atoms with Crippen LogP contribution in [0.15, 0.2) is 41.0 Å². The number of carboxylic acid groups (broad SMARTS) is 1. The third-order valence-corrected chi connectivity index (χ3v) is 3.42. The van der Waals surface area contributed by atoms with Gasteiger partial charge in [-0.3, -0.25) is 4.79 Å². The minimum absolute atomic E-state index is 0.00753. The largest absolute Gasteiger partial charge is 0.478 e. The molecule has 1 N–H and O–H groups in total. The van der Waals surface area contributed by atoms with Crippen LogP contribution in [0.5, 0.6) is 0 Å². The number of nitrogens with zero attached hydrogens (tertiary/aromatic N) is 1. The summed E-state index contributed by atoms with van der Waals surface area (Å²) >= 11 is 5.96. The van der Waals surface area contributed by atoms with E-state index in [4.69, 9.17) is 21.1 Å². The van der Waals surface area contributed by atoms with Gasteiger partial charge < -0.3 is 14.4 Å². The van der Waals surface area contributed by atoms with E-state index in [-0.39, 0.29) is 23.3 Å². The van der Waals surface area contributed by atoms with Gasteiger partial charge in [-0.2, -0.15) is 0 Å². The topological polar surface area (TPSA) is 70.8 Å². The van der Waals surface area contributed by atoms with E-state index < -0.39 is 5.97 Å². The van der Waals surface area contributed by atoms with Crippen molar-refractivity contribution in [2.75, 3.05) is 0 Å². The normalized spacial score (nSPS) is 10.7. The van der Waals surface area contributed by atoms with Gasteiger partial charge in [0.15, 0.2) is 5.76 Å². The van der Waals surface area contributed by atoms with Gasteiger partial charge in [0.05, 0.1) is 5.56 Å². The second kappa shape index (κ2) is 6.66. The lowest BCUT2D eigenvalue weighted by Gasteiger charge is -2.26. The molecule has 0 atom stereocenters. The van der Waals surface area contributed by atoms with Gasteiger partial charge in [0.2, 0.25) is 0 Å². The molecule has 0 radical (unpaired) electrons. The second-order valence-electron chi connectivity index (χ2n) is 5.16. The molecule has 1 aromatic carbocycles. The van der Waals surface area contributed by atoms with E-state index in [9.17, 15) is 9.59 Å². The number of carbonyl (C=O) groups is 2. The standard InChI is InChI=1S/C16H16ClNO4/c1-10(2)18(8-11-4-3-5-13(17)6-11)15(19)14-7-12(9-22-14)16(20)21/h3-7,9-10H,8H2,1-2H3,(H,20,21). The van der Waals surface area contributed by atoms with Gasteiger partial charge in [-0.1, -0.05) is 23.7 Å². The number of rotatable bonds is 5. The monoisotopic (exact) mass is 321 g/mol. The minimum atomic E-state index is -1.13. The first-order valence-electron chi connectivity index (χ1n) is 6.75. The molecule has 6 heteroatoms. The van der Waals surface area contributed by atoms with Crippen LogP contribution >= 0.6 is 11.6 Å². The highest BCUT2D eigenvalue weighted by Gasteiger charge is 2.23. The zero-order chi connectivity index (χ0) is 16.3. The summed E-state index contributed by atoms with van der Waals surface area (Å²) in [4.78, 5) is 25.0. The van der Waals surface area contributed by atoms with Crippen LogP contribution in [0.25, 0.3) is 0 Å². The molecule has 116 valence electrons. The third-order valence-electron chi connectivity index (χ3n) is 3.18. The van der Waals surface area contributed by atoms with E-state index in [1.54, 1.807) is 17.0 Å². The molecule has 0 saturated heterocycles. The fourth-order valence-corrected chi connectivity index (χ4v) is 2.24. The Bertz CT molecular complexity index is 693. The van der Waals surface area contributed by atoms with Crippen molar-refractivity contribution in [2.45, 2.75) is 26.4 Å². The Morgan fingerprint density at radius 2 is 2.05 bits per heavy atom. The number of carbonyl (C=O) groups excluding carboxylic acids is 1. The summed E-state index contributed by atoms with van der Waals surface area (Å²) in [6.07, 6.45) is 1.06. The van der Waals surface area contributed by atoms with Crippen molar-refractivity contribution in [2.24, 2.45) is 0 Å². The predicted molar refractivity (Wildman–Crippen MR) is 82.1 cm³/mol. The Hall–Kier alpha value is -2.27. The maximum atomic E-state index is 12.5. The van der Waals surface area contributed by atoms with Gasteiger partial charge >= 0.3 is 5.97 Å². The summed E-state index contributed by atoms with van der Waals surface area (Å²) in [6, 6.07) is 8.39.